The fourth-order valence-electron chi connectivity index (χ4n) is 4.72. The van der Waals surface area contributed by atoms with Crippen LogP contribution in [0.2, 0.25) is 5.02 Å². The number of sulfonamides is 1. The molecule has 0 fully saturated rings. The van der Waals surface area contributed by atoms with Crippen molar-refractivity contribution in [3.63, 3.8) is 0 Å². The van der Waals surface area contributed by atoms with Crippen molar-refractivity contribution in [1.29, 1.82) is 0 Å². The van der Waals surface area contributed by atoms with E-state index >= 15 is 0 Å². The Morgan fingerprint density at radius 1 is 0.860 bits per heavy atom. The largest absolute Gasteiger partial charge is 0.495 e. The molecule has 1 N–H and O–H groups in total. The van der Waals surface area contributed by atoms with Gasteiger partial charge in [-0.15, -0.1) is 0 Å². The number of anilines is 1. The minimum absolute atomic E-state index is 0.0102. The molecule has 0 aliphatic heterocycles. The van der Waals surface area contributed by atoms with Crippen LogP contribution >= 0.6 is 11.6 Å². The SMILES string of the molecule is CCNC(=O)[C@H](Cc1ccccc1)N(Cc1ccccc1)C(=O)CN(c1cc(Cl)ccc1OC)S(=O)(=O)c1ccccc1. The molecular weight excluding hydrogens is 586 g/mol. The van der Waals surface area contributed by atoms with Gasteiger partial charge in [0.05, 0.1) is 17.7 Å². The number of nitrogens with zero attached hydrogens (tertiary/aromatic N) is 2. The van der Waals surface area contributed by atoms with E-state index in [0.717, 1.165) is 15.4 Å². The van der Waals surface area contributed by atoms with Crippen LogP contribution in [0.3, 0.4) is 0 Å². The Kier molecular flexibility index (Phi) is 10.8. The molecule has 0 saturated carbocycles. The molecule has 0 aromatic heterocycles. The van der Waals surface area contributed by atoms with Crippen LogP contribution in [0.25, 0.3) is 0 Å². The highest BCUT2D eigenvalue weighted by molar-refractivity contribution is 7.92. The number of nitrogens with one attached hydrogen (secondary N) is 1. The molecule has 0 saturated heterocycles. The first kappa shape index (κ1) is 31.6. The molecule has 4 aromatic carbocycles. The van der Waals surface area contributed by atoms with E-state index in [1.54, 1.807) is 37.3 Å². The molecule has 4 aromatic rings. The third-order valence-corrected chi connectivity index (χ3v) is 8.85. The average Bonchev–Trinajstić information content (AvgIpc) is 3.03. The van der Waals surface area contributed by atoms with Gasteiger partial charge in [-0.05, 0) is 48.4 Å². The van der Waals surface area contributed by atoms with Gasteiger partial charge in [-0.25, -0.2) is 8.42 Å². The first-order valence-corrected chi connectivity index (χ1v) is 15.6. The van der Waals surface area contributed by atoms with E-state index in [0.29, 0.717) is 6.54 Å². The van der Waals surface area contributed by atoms with Crippen LogP contribution in [0.15, 0.2) is 114 Å². The molecule has 4 rings (SSSR count). The van der Waals surface area contributed by atoms with Gasteiger partial charge in [0.1, 0.15) is 18.3 Å². The van der Waals surface area contributed by atoms with Crippen molar-refractivity contribution in [2.75, 3.05) is 24.5 Å². The number of benzene rings is 4. The quantitative estimate of drug-likeness (QED) is 0.219. The predicted octanol–water partition coefficient (Wildman–Crippen LogP) is 5.32. The highest BCUT2D eigenvalue weighted by atomic mass is 35.5. The Morgan fingerprint density at radius 2 is 1.44 bits per heavy atom. The molecule has 0 heterocycles. The van der Waals surface area contributed by atoms with Crippen molar-refractivity contribution in [3.05, 3.63) is 125 Å². The van der Waals surface area contributed by atoms with Crippen molar-refractivity contribution < 1.29 is 22.7 Å². The number of hydrogen-bond donors (Lipinski definition) is 1. The maximum absolute atomic E-state index is 14.4. The fourth-order valence-corrected chi connectivity index (χ4v) is 6.32. The predicted molar refractivity (Wildman–Crippen MR) is 169 cm³/mol. The zero-order valence-electron chi connectivity index (χ0n) is 24.0. The molecule has 0 radical (unpaired) electrons. The Morgan fingerprint density at radius 3 is 2.02 bits per heavy atom. The minimum atomic E-state index is -4.27. The average molecular weight is 620 g/mol. The van der Waals surface area contributed by atoms with E-state index in [-0.39, 0.29) is 40.2 Å². The number of halogens is 1. The summed E-state index contributed by atoms with van der Waals surface area (Å²) in [5.74, 6) is -0.693. The normalized spacial score (nSPS) is 11.8. The fraction of sp³-hybridized carbons (Fsp3) is 0.212. The maximum Gasteiger partial charge on any atom is 0.264 e. The van der Waals surface area contributed by atoms with Crippen LogP contribution in [0.1, 0.15) is 18.1 Å². The van der Waals surface area contributed by atoms with Crippen LogP contribution in [-0.2, 0) is 32.6 Å². The Balaban J connectivity index is 1.82. The summed E-state index contributed by atoms with van der Waals surface area (Å²) in [5, 5.41) is 3.12. The summed E-state index contributed by atoms with van der Waals surface area (Å²) in [6, 6.07) is 30.1. The number of hydrogen-bond acceptors (Lipinski definition) is 5. The van der Waals surface area contributed by atoms with Gasteiger partial charge in [0.2, 0.25) is 11.8 Å². The van der Waals surface area contributed by atoms with Gasteiger partial charge in [-0.1, -0.05) is 90.5 Å². The molecule has 0 aliphatic carbocycles. The van der Waals surface area contributed by atoms with Crippen molar-refractivity contribution in [2.45, 2.75) is 30.8 Å². The topological polar surface area (TPSA) is 96.0 Å². The zero-order valence-corrected chi connectivity index (χ0v) is 25.6. The van der Waals surface area contributed by atoms with Crippen molar-refractivity contribution in [3.8, 4) is 5.75 Å². The summed E-state index contributed by atoms with van der Waals surface area (Å²) < 4.78 is 34.7. The van der Waals surface area contributed by atoms with Crippen LogP contribution in [0, 0.1) is 0 Å². The minimum Gasteiger partial charge on any atom is -0.495 e. The molecular formula is C33H34ClN3O5S. The molecule has 43 heavy (non-hydrogen) atoms. The van der Waals surface area contributed by atoms with Crippen LogP contribution in [-0.4, -0.2) is 51.4 Å². The van der Waals surface area contributed by atoms with Gasteiger partial charge in [-0.3, -0.25) is 13.9 Å². The van der Waals surface area contributed by atoms with E-state index in [4.69, 9.17) is 16.3 Å². The van der Waals surface area contributed by atoms with E-state index in [1.807, 2.05) is 60.7 Å². The van der Waals surface area contributed by atoms with E-state index in [9.17, 15) is 18.0 Å². The lowest BCUT2D eigenvalue weighted by molar-refractivity contribution is -0.140. The summed E-state index contributed by atoms with van der Waals surface area (Å²) >= 11 is 6.31. The summed E-state index contributed by atoms with van der Waals surface area (Å²) in [7, 11) is -2.86. The highest BCUT2D eigenvalue weighted by Gasteiger charge is 2.35. The van der Waals surface area contributed by atoms with Gasteiger partial charge in [0, 0.05) is 24.5 Å². The molecule has 8 nitrogen and oxygen atoms in total. The number of carbonyl (C=O) groups excluding carboxylic acids is 2. The maximum atomic E-state index is 14.4. The molecule has 1 atom stereocenters. The summed E-state index contributed by atoms with van der Waals surface area (Å²) in [6.07, 6.45) is 0.233. The number of likely N-dealkylation sites (N-methyl/N-ethyl adjacent to an activating group) is 1. The summed E-state index contributed by atoms with van der Waals surface area (Å²) in [4.78, 5) is 29.4. The van der Waals surface area contributed by atoms with E-state index < -0.39 is 28.5 Å². The molecule has 224 valence electrons. The van der Waals surface area contributed by atoms with Crippen LogP contribution in [0.4, 0.5) is 5.69 Å². The van der Waals surface area contributed by atoms with Crippen LogP contribution < -0.4 is 14.4 Å². The van der Waals surface area contributed by atoms with Gasteiger partial charge in [0.25, 0.3) is 10.0 Å². The number of amides is 2. The molecule has 2 amide bonds. The van der Waals surface area contributed by atoms with Gasteiger partial charge in [0.15, 0.2) is 0 Å². The second kappa shape index (κ2) is 14.7. The summed E-state index contributed by atoms with van der Waals surface area (Å²) in [5.41, 5.74) is 1.75. The smallest absolute Gasteiger partial charge is 0.264 e. The molecule has 0 aliphatic rings. The number of methoxy groups -OCH3 is 1. The second-order valence-corrected chi connectivity index (χ2v) is 12.0. The lowest BCUT2D eigenvalue weighted by atomic mass is 10.0. The van der Waals surface area contributed by atoms with Crippen LogP contribution in [0.5, 0.6) is 5.75 Å². The number of ether oxygens (including phenoxy) is 1. The third-order valence-electron chi connectivity index (χ3n) is 6.84. The first-order chi connectivity index (χ1) is 20.7. The molecule has 0 unspecified atom stereocenters. The highest BCUT2D eigenvalue weighted by Crippen LogP contribution is 2.35. The summed E-state index contributed by atoms with van der Waals surface area (Å²) in [6.45, 7) is 1.65. The Hall–Kier alpha value is -4.34. The van der Waals surface area contributed by atoms with E-state index in [1.165, 1.54) is 30.2 Å². The molecule has 0 bridgehead atoms. The Bertz CT molecular complexity index is 1620. The monoisotopic (exact) mass is 619 g/mol. The van der Waals surface area contributed by atoms with Crippen molar-refractivity contribution >= 4 is 39.1 Å². The standard InChI is InChI=1S/C33H34ClN3O5S/c1-3-35-33(39)30(21-25-13-7-4-8-14-25)36(23-26-15-9-5-10-16-26)32(38)24-37(29-22-27(34)19-20-31(29)42-2)43(40,41)28-17-11-6-12-18-28/h4-20,22,30H,3,21,23-24H2,1-2H3,(H,35,39)/t30-/m0/s1. The Labute approximate surface area is 257 Å². The van der Waals surface area contributed by atoms with Crippen molar-refractivity contribution in [2.24, 2.45) is 0 Å². The second-order valence-electron chi connectivity index (χ2n) is 9.75. The number of rotatable bonds is 13. The van der Waals surface area contributed by atoms with Gasteiger partial charge < -0.3 is 15.0 Å². The van der Waals surface area contributed by atoms with Crippen molar-refractivity contribution in [1.82, 2.24) is 10.2 Å². The third kappa shape index (κ3) is 7.94. The van der Waals surface area contributed by atoms with E-state index in [2.05, 4.69) is 5.32 Å². The lowest BCUT2D eigenvalue weighted by Crippen LogP contribution is -2.53. The lowest BCUT2D eigenvalue weighted by Gasteiger charge is -2.34. The molecule has 10 heteroatoms. The molecule has 0 spiro atoms. The first-order valence-electron chi connectivity index (χ1n) is 13.8. The zero-order chi connectivity index (χ0) is 30.8. The van der Waals surface area contributed by atoms with Gasteiger partial charge in [-0.2, -0.15) is 0 Å². The number of carbonyl (C=O) groups is 2. The van der Waals surface area contributed by atoms with Gasteiger partial charge >= 0.3 is 0 Å².